The number of rotatable bonds is 5. The molecule has 2 heteroatoms. The molecule has 0 saturated heterocycles. The van der Waals surface area contributed by atoms with Crippen LogP contribution < -0.4 is 10.5 Å². The molecule has 1 unspecified atom stereocenters. The van der Waals surface area contributed by atoms with Gasteiger partial charge >= 0.3 is 0 Å². The molecule has 2 aromatic carbocycles. The maximum absolute atomic E-state index is 5.92. The molecule has 94 valence electrons. The minimum Gasteiger partial charge on any atom is -0.493 e. The highest BCUT2D eigenvalue weighted by atomic mass is 16.5. The lowest BCUT2D eigenvalue weighted by atomic mass is 10.1. The Morgan fingerprint density at radius 2 is 1.67 bits per heavy atom. The summed E-state index contributed by atoms with van der Waals surface area (Å²) in [5.74, 6) is 0.892. The molecule has 0 fully saturated rings. The summed E-state index contributed by atoms with van der Waals surface area (Å²) in [4.78, 5) is 0. The number of hydrogen-bond acceptors (Lipinski definition) is 2. The molecule has 0 aromatic heterocycles. The number of nitrogens with two attached hydrogens (primary N) is 1. The van der Waals surface area contributed by atoms with Crippen LogP contribution in [0.1, 0.15) is 24.1 Å². The fourth-order valence-corrected chi connectivity index (χ4v) is 1.91. The Morgan fingerprint density at radius 1 is 1.00 bits per heavy atom. The van der Waals surface area contributed by atoms with E-state index in [9.17, 15) is 0 Å². The van der Waals surface area contributed by atoms with Crippen LogP contribution in [0.5, 0.6) is 5.75 Å². The van der Waals surface area contributed by atoms with Crippen molar-refractivity contribution in [1.82, 2.24) is 0 Å². The number of para-hydroxylation sites is 1. The van der Waals surface area contributed by atoms with E-state index in [2.05, 4.69) is 12.1 Å². The maximum atomic E-state index is 5.92. The lowest BCUT2D eigenvalue weighted by molar-refractivity contribution is 0.317. The lowest BCUT2D eigenvalue weighted by Crippen LogP contribution is -2.09. The molecule has 0 aliphatic rings. The minimum absolute atomic E-state index is 0.00192. The fraction of sp³-hybridized carbons (Fsp3) is 0.250. The molecule has 0 saturated carbocycles. The molecule has 2 aromatic rings. The van der Waals surface area contributed by atoms with Crippen molar-refractivity contribution in [2.24, 2.45) is 5.73 Å². The SMILES string of the molecule is CC(N)c1ccccc1OCCc1ccccc1. The average molecular weight is 241 g/mol. The van der Waals surface area contributed by atoms with Crippen molar-refractivity contribution in [2.75, 3.05) is 6.61 Å². The third-order valence-electron chi connectivity index (χ3n) is 2.90. The largest absolute Gasteiger partial charge is 0.493 e. The van der Waals surface area contributed by atoms with Crippen LogP contribution in [0.25, 0.3) is 0 Å². The Hall–Kier alpha value is -1.80. The quantitative estimate of drug-likeness (QED) is 0.871. The molecule has 0 aliphatic heterocycles. The van der Waals surface area contributed by atoms with Crippen molar-refractivity contribution in [3.63, 3.8) is 0 Å². The third kappa shape index (κ3) is 3.34. The Labute approximate surface area is 108 Å². The summed E-state index contributed by atoms with van der Waals surface area (Å²) in [6.45, 7) is 2.65. The van der Waals surface area contributed by atoms with Gasteiger partial charge in [-0.3, -0.25) is 0 Å². The second-order valence-electron chi connectivity index (χ2n) is 4.41. The first-order valence-corrected chi connectivity index (χ1v) is 6.28. The molecule has 0 amide bonds. The van der Waals surface area contributed by atoms with Crippen LogP contribution >= 0.6 is 0 Å². The smallest absolute Gasteiger partial charge is 0.124 e. The van der Waals surface area contributed by atoms with Gasteiger partial charge in [0.25, 0.3) is 0 Å². The highest BCUT2D eigenvalue weighted by Gasteiger charge is 2.06. The van der Waals surface area contributed by atoms with Crippen LogP contribution in [0.4, 0.5) is 0 Å². The molecule has 2 nitrogen and oxygen atoms in total. The lowest BCUT2D eigenvalue weighted by Gasteiger charge is -2.13. The first-order valence-electron chi connectivity index (χ1n) is 6.28. The maximum Gasteiger partial charge on any atom is 0.124 e. The fourth-order valence-electron chi connectivity index (χ4n) is 1.91. The van der Waals surface area contributed by atoms with Crippen LogP contribution in [0.15, 0.2) is 54.6 Å². The molecule has 18 heavy (non-hydrogen) atoms. The number of ether oxygens (including phenoxy) is 1. The van der Waals surface area contributed by atoms with Gasteiger partial charge in [-0.25, -0.2) is 0 Å². The van der Waals surface area contributed by atoms with E-state index in [1.54, 1.807) is 0 Å². The Kier molecular flexibility index (Phi) is 4.37. The number of hydrogen-bond donors (Lipinski definition) is 1. The van der Waals surface area contributed by atoms with Crippen molar-refractivity contribution in [3.05, 3.63) is 65.7 Å². The van der Waals surface area contributed by atoms with Gasteiger partial charge in [-0.1, -0.05) is 48.5 Å². The van der Waals surface area contributed by atoms with Gasteiger partial charge in [-0.2, -0.15) is 0 Å². The zero-order valence-electron chi connectivity index (χ0n) is 10.7. The summed E-state index contributed by atoms with van der Waals surface area (Å²) in [7, 11) is 0. The normalized spacial score (nSPS) is 12.1. The van der Waals surface area contributed by atoms with Crippen LogP contribution in [-0.4, -0.2) is 6.61 Å². The van der Waals surface area contributed by atoms with E-state index in [1.165, 1.54) is 5.56 Å². The zero-order chi connectivity index (χ0) is 12.8. The van der Waals surface area contributed by atoms with Gasteiger partial charge < -0.3 is 10.5 Å². The first kappa shape index (κ1) is 12.7. The molecule has 0 spiro atoms. The van der Waals surface area contributed by atoms with E-state index >= 15 is 0 Å². The second-order valence-corrected chi connectivity index (χ2v) is 4.41. The van der Waals surface area contributed by atoms with Crippen LogP contribution in [0, 0.1) is 0 Å². The molecular weight excluding hydrogens is 222 g/mol. The predicted molar refractivity (Wildman–Crippen MR) is 74.7 cm³/mol. The van der Waals surface area contributed by atoms with Crippen molar-refractivity contribution in [2.45, 2.75) is 19.4 Å². The highest BCUT2D eigenvalue weighted by molar-refractivity contribution is 5.35. The monoisotopic (exact) mass is 241 g/mol. The summed E-state index contributed by atoms with van der Waals surface area (Å²) in [6.07, 6.45) is 0.911. The van der Waals surface area contributed by atoms with Gasteiger partial charge in [0.2, 0.25) is 0 Å². The van der Waals surface area contributed by atoms with Gasteiger partial charge in [0.1, 0.15) is 5.75 Å². The molecule has 0 bridgehead atoms. The summed E-state index contributed by atoms with van der Waals surface area (Å²) >= 11 is 0. The molecule has 1 atom stereocenters. The van der Waals surface area contributed by atoms with E-state index in [-0.39, 0.29) is 6.04 Å². The van der Waals surface area contributed by atoms with Gasteiger partial charge in [0.05, 0.1) is 6.61 Å². The Morgan fingerprint density at radius 3 is 2.39 bits per heavy atom. The van der Waals surface area contributed by atoms with Crippen LogP contribution in [-0.2, 0) is 6.42 Å². The Balaban J connectivity index is 1.94. The van der Waals surface area contributed by atoms with E-state index in [4.69, 9.17) is 10.5 Å². The predicted octanol–water partition coefficient (Wildman–Crippen LogP) is 3.33. The summed E-state index contributed by atoms with van der Waals surface area (Å²) in [6, 6.07) is 18.3. The number of benzene rings is 2. The highest BCUT2D eigenvalue weighted by Crippen LogP contribution is 2.23. The van der Waals surface area contributed by atoms with Crippen LogP contribution in [0.2, 0.25) is 0 Å². The van der Waals surface area contributed by atoms with Gasteiger partial charge in [0.15, 0.2) is 0 Å². The van der Waals surface area contributed by atoms with E-state index in [1.807, 2.05) is 49.4 Å². The third-order valence-corrected chi connectivity index (χ3v) is 2.90. The molecule has 0 aliphatic carbocycles. The minimum atomic E-state index is -0.00192. The van der Waals surface area contributed by atoms with Crippen molar-refractivity contribution in [1.29, 1.82) is 0 Å². The summed E-state index contributed by atoms with van der Waals surface area (Å²) in [5, 5.41) is 0. The van der Waals surface area contributed by atoms with Crippen molar-refractivity contribution in [3.8, 4) is 5.75 Å². The molecule has 0 radical (unpaired) electrons. The average Bonchev–Trinajstić information content (AvgIpc) is 2.40. The van der Waals surface area contributed by atoms with E-state index in [0.29, 0.717) is 6.61 Å². The molecular formula is C16H19NO. The first-order chi connectivity index (χ1) is 8.77. The Bertz CT molecular complexity index is 479. The topological polar surface area (TPSA) is 35.2 Å². The van der Waals surface area contributed by atoms with Gasteiger partial charge in [0, 0.05) is 18.0 Å². The molecule has 2 N–H and O–H groups in total. The standard InChI is InChI=1S/C16H19NO/c1-13(17)15-9-5-6-10-16(15)18-12-11-14-7-3-2-4-8-14/h2-10,13H,11-12,17H2,1H3. The molecule has 2 rings (SSSR count). The van der Waals surface area contributed by atoms with E-state index < -0.39 is 0 Å². The molecule has 0 heterocycles. The summed E-state index contributed by atoms with van der Waals surface area (Å²) in [5.41, 5.74) is 8.27. The van der Waals surface area contributed by atoms with Crippen LogP contribution in [0.3, 0.4) is 0 Å². The summed E-state index contributed by atoms with van der Waals surface area (Å²) < 4.78 is 5.82. The van der Waals surface area contributed by atoms with Gasteiger partial charge in [-0.05, 0) is 18.6 Å². The second kappa shape index (κ2) is 6.22. The van der Waals surface area contributed by atoms with Crippen molar-refractivity contribution < 1.29 is 4.74 Å². The van der Waals surface area contributed by atoms with Gasteiger partial charge in [-0.15, -0.1) is 0 Å². The van der Waals surface area contributed by atoms with Crippen molar-refractivity contribution >= 4 is 0 Å². The van der Waals surface area contributed by atoms with E-state index in [0.717, 1.165) is 17.7 Å². The zero-order valence-corrected chi connectivity index (χ0v) is 10.7.